The van der Waals surface area contributed by atoms with E-state index in [1.54, 1.807) is 12.1 Å². The molecule has 0 saturated carbocycles. The summed E-state index contributed by atoms with van der Waals surface area (Å²) in [5.74, 6) is -0.172. The van der Waals surface area contributed by atoms with Crippen molar-refractivity contribution in [2.45, 2.75) is 17.6 Å². The number of benzene rings is 2. The van der Waals surface area contributed by atoms with E-state index in [0.29, 0.717) is 11.8 Å². The van der Waals surface area contributed by atoms with Gasteiger partial charge in [-0.05, 0) is 42.5 Å². The van der Waals surface area contributed by atoms with Crippen LogP contribution in [0.25, 0.3) is 0 Å². The van der Waals surface area contributed by atoms with E-state index < -0.39 is 32.6 Å². The highest BCUT2D eigenvalue weighted by Gasteiger charge is 2.37. The molecule has 0 aliphatic carbocycles. The largest absolute Gasteiger partial charge is 0.467 e. The van der Waals surface area contributed by atoms with E-state index in [4.69, 9.17) is 16.0 Å². The van der Waals surface area contributed by atoms with E-state index in [1.165, 1.54) is 30.5 Å². The molecule has 0 spiro atoms. The normalized spacial score (nSPS) is 11.9. The molecule has 0 fully saturated rings. The van der Waals surface area contributed by atoms with Gasteiger partial charge in [0, 0.05) is 5.02 Å². The molecule has 158 valence electrons. The number of anilines is 1. The van der Waals surface area contributed by atoms with E-state index >= 15 is 0 Å². The minimum atomic E-state index is -4.95. The van der Waals surface area contributed by atoms with Crippen LogP contribution in [0.5, 0.6) is 0 Å². The molecule has 0 atom stereocenters. The Labute approximate surface area is 174 Å². The highest BCUT2D eigenvalue weighted by atomic mass is 35.5. The van der Waals surface area contributed by atoms with Crippen molar-refractivity contribution in [1.82, 2.24) is 5.32 Å². The number of carbonyl (C=O) groups is 1. The lowest BCUT2D eigenvalue weighted by Crippen LogP contribution is -2.25. The van der Waals surface area contributed by atoms with Crippen LogP contribution in [0.3, 0.4) is 0 Å². The van der Waals surface area contributed by atoms with Crippen molar-refractivity contribution >= 4 is 33.2 Å². The summed E-state index contributed by atoms with van der Waals surface area (Å²) in [7, 11) is -4.69. The van der Waals surface area contributed by atoms with Gasteiger partial charge in [0.2, 0.25) is 0 Å². The highest BCUT2D eigenvalue weighted by molar-refractivity contribution is 7.92. The van der Waals surface area contributed by atoms with Gasteiger partial charge in [0.1, 0.15) is 5.76 Å². The summed E-state index contributed by atoms with van der Waals surface area (Å²) in [5.41, 5.74) is -1.67. The third-order valence-corrected chi connectivity index (χ3v) is 5.61. The van der Waals surface area contributed by atoms with Gasteiger partial charge in [-0.3, -0.25) is 9.52 Å². The predicted octanol–water partition coefficient (Wildman–Crippen LogP) is 4.68. The fourth-order valence-corrected chi connectivity index (χ4v) is 4.06. The van der Waals surface area contributed by atoms with Gasteiger partial charge in [0.15, 0.2) is 0 Å². The summed E-state index contributed by atoms with van der Waals surface area (Å²) < 4.78 is 72.5. The first-order chi connectivity index (χ1) is 14.1. The third-order valence-electron chi connectivity index (χ3n) is 3.96. The number of alkyl halides is 3. The van der Waals surface area contributed by atoms with E-state index in [0.717, 1.165) is 12.1 Å². The van der Waals surface area contributed by atoms with Gasteiger partial charge in [-0.15, -0.1) is 0 Å². The predicted molar refractivity (Wildman–Crippen MR) is 104 cm³/mol. The van der Waals surface area contributed by atoms with Gasteiger partial charge in [0.05, 0.1) is 34.5 Å². The summed E-state index contributed by atoms with van der Waals surface area (Å²) in [4.78, 5) is 11.5. The van der Waals surface area contributed by atoms with Gasteiger partial charge in [-0.2, -0.15) is 13.2 Å². The van der Waals surface area contributed by atoms with Gasteiger partial charge in [-0.1, -0.05) is 23.7 Å². The maximum Gasteiger partial charge on any atom is 0.417 e. The van der Waals surface area contributed by atoms with Gasteiger partial charge >= 0.3 is 6.18 Å². The van der Waals surface area contributed by atoms with Crippen LogP contribution < -0.4 is 10.0 Å². The second kappa shape index (κ2) is 8.41. The molecule has 11 heteroatoms. The molecule has 2 N–H and O–H groups in total. The number of para-hydroxylation sites is 1. The Balaban J connectivity index is 1.91. The van der Waals surface area contributed by atoms with E-state index in [1.807, 2.05) is 0 Å². The zero-order valence-corrected chi connectivity index (χ0v) is 16.6. The van der Waals surface area contributed by atoms with Crippen molar-refractivity contribution in [3.63, 3.8) is 0 Å². The zero-order valence-electron chi connectivity index (χ0n) is 15.0. The Morgan fingerprint density at radius 3 is 2.47 bits per heavy atom. The van der Waals surface area contributed by atoms with Crippen LogP contribution in [-0.4, -0.2) is 14.3 Å². The molecule has 0 aliphatic rings. The number of nitrogens with one attached hydrogen (secondary N) is 2. The lowest BCUT2D eigenvalue weighted by molar-refractivity contribution is -0.139. The number of carbonyl (C=O) groups excluding carboxylic acids is 1. The maximum absolute atomic E-state index is 13.3. The standard InChI is InChI=1S/C19H14ClF3N2O4S/c20-12-7-8-17(15(10-12)19(21,22)23)30(27,28)25-16-6-2-1-5-14(16)18(26)24-11-13-4-3-9-29-13/h1-10,25H,11H2,(H,24,26). The Kier molecular flexibility index (Phi) is 6.09. The van der Waals surface area contributed by atoms with Crippen molar-refractivity contribution in [2.24, 2.45) is 0 Å². The first-order valence-corrected chi connectivity index (χ1v) is 10.2. The molecule has 0 bridgehead atoms. The van der Waals surface area contributed by atoms with Gasteiger partial charge in [-0.25, -0.2) is 8.42 Å². The van der Waals surface area contributed by atoms with Crippen LogP contribution in [0.2, 0.25) is 5.02 Å². The van der Waals surface area contributed by atoms with Gasteiger partial charge < -0.3 is 9.73 Å². The van der Waals surface area contributed by atoms with E-state index in [2.05, 4.69) is 10.0 Å². The lowest BCUT2D eigenvalue weighted by Gasteiger charge is -2.16. The second-order valence-corrected chi connectivity index (χ2v) is 8.14. The van der Waals surface area contributed by atoms with Crippen LogP contribution in [0, 0.1) is 0 Å². The van der Waals surface area contributed by atoms with Crippen LogP contribution in [0.15, 0.2) is 70.2 Å². The molecule has 0 unspecified atom stereocenters. The number of hydrogen-bond acceptors (Lipinski definition) is 4. The highest BCUT2D eigenvalue weighted by Crippen LogP contribution is 2.36. The molecule has 3 aromatic rings. The number of rotatable bonds is 6. The average Bonchev–Trinajstić information content (AvgIpc) is 3.19. The number of amides is 1. The molecular formula is C19H14ClF3N2O4S. The molecule has 1 heterocycles. The Bertz CT molecular complexity index is 1160. The van der Waals surface area contributed by atoms with Crippen molar-refractivity contribution < 1.29 is 30.8 Å². The minimum Gasteiger partial charge on any atom is -0.467 e. The number of halogens is 4. The fraction of sp³-hybridized carbons (Fsp3) is 0.105. The fourth-order valence-electron chi connectivity index (χ4n) is 2.60. The third kappa shape index (κ3) is 4.95. The van der Waals surface area contributed by atoms with E-state index in [-0.39, 0.29) is 22.8 Å². The average molecular weight is 459 g/mol. The molecule has 30 heavy (non-hydrogen) atoms. The summed E-state index contributed by atoms with van der Waals surface area (Å²) in [5, 5.41) is 2.28. The molecule has 1 aromatic heterocycles. The summed E-state index contributed by atoms with van der Waals surface area (Å²) in [6.07, 6.45) is -3.52. The monoisotopic (exact) mass is 458 g/mol. The van der Waals surface area contributed by atoms with Crippen molar-refractivity contribution in [3.05, 3.63) is 82.8 Å². The van der Waals surface area contributed by atoms with Crippen molar-refractivity contribution in [2.75, 3.05) is 4.72 Å². The van der Waals surface area contributed by atoms with Gasteiger partial charge in [0.25, 0.3) is 15.9 Å². The molecule has 2 aromatic carbocycles. The molecule has 6 nitrogen and oxygen atoms in total. The molecular weight excluding hydrogens is 445 g/mol. The Morgan fingerprint density at radius 1 is 1.07 bits per heavy atom. The Hall–Kier alpha value is -2.98. The quantitative estimate of drug-likeness (QED) is 0.561. The van der Waals surface area contributed by atoms with Crippen molar-refractivity contribution in [1.29, 1.82) is 0 Å². The number of hydrogen-bond donors (Lipinski definition) is 2. The summed E-state index contributed by atoms with van der Waals surface area (Å²) in [6.45, 7) is 0.0440. The minimum absolute atomic E-state index is 0.0440. The molecule has 0 aliphatic heterocycles. The summed E-state index contributed by atoms with van der Waals surface area (Å²) in [6, 6.07) is 11.1. The topological polar surface area (TPSA) is 88.4 Å². The zero-order chi connectivity index (χ0) is 21.9. The van der Waals surface area contributed by atoms with E-state index in [9.17, 15) is 26.4 Å². The SMILES string of the molecule is O=C(NCc1ccco1)c1ccccc1NS(=O)(=O)c1ccc(Cl)cc1C(F)(F)F. The lowest BCUT2D eigenvalue weighted by atomic mass is 10.1. The van der Waals surface area contributed by atoms with Crippen LogP contribution in [-0.2, 0) is 22.7 Å². The second-order valence-electron chi connectivity index (χ2n) is 6.05. The number of furan rings is 1. The molecule has 0 saturated heterocycles. The Morgan fingerprint density at radius 2 is 1.80 bits per heavy atom. The van der Waals surface area contributed by atoms with Crippen LogP contribution in [0.1, 0.15) is 21.7 Å². The number of sulfonamides is 1. The maximum atomic E-state index is 13.3. The summed E-state index contributed by atoms with van der Waals surface area (Å²) >= 11 is 5.60. The van der Waals surface area contributed by atoms with Crippen LogP contribution in [0.4, 0.5) is 18.9 Å². The smallest absolute Gasteiger partial charge is 0.417 e. The molecule has 3 rings (SSSR count). The van der Waals surface area contributed by atoms with Crippen molar-refractivity contribution in [3.8, 4) is 0 Å². The molecule has 1 amide bonds. The van der Waals surface area contributed by atoms with Crippen LogP contribution >= 0.6 is 11.6 Å². The first-order valence-electron chi connectivity index (χ1n) is 8.37. The first kappa shape index (κ1) is 21.7. The molecule has 0 radical (unpaired) electrons.